The second-order valence-electron chi connectivity index (χ2n) is 9.90. The molecule has 0 bridgehead atoms. The maximum absolute atomic E-state index is 6.65. The first-order chi connectivity index (χ1) is 14.5. The molecule has 0 unspecified atom stereocenters. The zero-order chi connectivity index (χ0) is 21.6. The Bertz CT molecular complexity index is 722. The normalized spacial score (nSPS) is 22.0. The second-order valence-corrected chi connectivity index (χ2v) is 9.90. The van der Waals surface area contributed by atoms with E-state index in [1.807, 2.05) is 0 Å². The lowest BCUT2D eigenvalue weighted by molar-refractivity contribution is 0.0104. The molecule has 2 atom stereocenters. The standard InChI is InChI=1S/C27H43NO2/c1-5-6-9-12-21-18-24(29-16-11-8-7-10-15-28)26-22-17-20(2)13-14-23(22)27(3,4)30-25(26)19-21/h17-19,22-23H,5-16,28H2,1-4H3/t22-,23-/m1/s1. The summed E-state index contributed by atoms with van der Waals surface area (Å²) in [5.41, 5.74) is 9.62. The molecule has 0 fully saturated rings. The van der Waals surface area contributed by atoms with Crippen molar-refractivity contribution < 1.29 is 9.47 Å². The van der Waals surface area contributed by atoms with E-state index in [9.17, 15) is 0 Å². The zero-order valence-electron chi connectivity index (χ0n) is 19.8. The Morgan fingerprint density at radius 3 is 2.67 bits per heavy atom. The number of allylic oxidation sites excluding steroid dienone is 2. The molecule has 0 aromatic heterocycles. The largest absolute Gasteiger partial charge is 0.493 e. The van der Waals surface area contributed by atoms with E-state index in [0.29, 0.717) is 11.8 Å². The summed E-state index contributed by atoms with van der Waals surface area (Å²) in [6.45, 7) is 10.6. The lowest BCUT2D eigenvalue weighted by atomic mass is 9.68. The van der Waals surface area contributed by atoms with Crippen LogP contribution in [0.3, 0.4) is 0 Å². The van der Waals surface area contributed by atoms with E-state index < -0.39 is 0 Å². The smallest absolute Gasteiger partial charge is 0.127 e. The van der Waals surface area contributed by atoms with Crippen LogP contribution in [0.1, 0.15) is 103 Å². The fourth-order valence-electron chi connectivity index (χ4n) is 5.19. The third-order valence-corrected chi connectivity index (χ3v) is 6.94. The van der Waals surface area contributed by atoms with Crippen molar-refractivity contribution in [1.29, 1.82) is 0 Å². The van der Waals surface area contributed by atoms with Crippen molar-refractivity contribution in [2.24, 2.45) is 11.7 Å². The summed E-state index contributed by atoms with van der Waals surface area (Å²) >= 11 is 0. The minimum Gasteiger partial charge on any atom is -0.493 e. The molecule has 2 aliphatic rings. The highest BCUT2D eigenvalue weighted by molar-refractivity contribution is 5.54. The van der Waals surface area contributed by atoms with Crippen molar-refractivity contribution >= 4 is 0 Å². The predicted molar refractivity (Wildman–Crippen MR) is 127 cm³/mol. The molecule has 1 heterocycles. The van der Waals surface area contributed by atoms with Gasteiger partial charge in [-0.1, -0.05) is 44.3 Å². The molecule has 1 aliphatic heterocycles. The van der Waals surface area contributed by atoms with Crippen LogP contribution in [-0.4, -0.2) is 18.8 Å². The molecule has 0 saturated heterocycles. The van der Waals surface area contributed by atoms with Crippen LogP contribution in [0.2, 0.25) is 0 Å². The Labute approximate surface area is 184 Å². The quantitative estimate of drug-likeness (QED) is 0.316. The molecule has 0 amide bonds. The lowest BCUT2D eigenvalue weighted by Gasteiger charge is -2.46. The Kier molecular flexibility index (Phi) is 8.27. The number of nitrogens with two attached hydrogens (primary N) is 1. The van der Waals surface area contributed by atoms with E-state index in [1.165, 1.54) is 61.6 Å². The number of aryl methyl sites for hydroxylation is 1. The summed E-state index contributed by atoms with van der Waals surface area (Å²) < 4.78 is 13.1. The van der Waals surface area contributed by atoms with E-state index >= 15 is 0 Å². The number of hydrogen-bond acceptors (Lipinski definition) is 3. The first kappa shape index (κ1) is 23.2. The summed E-state index contributed by atoms with van der Waals surface area (Å²) in [5, 5.41) is 0. The van der Waals surface area contributed by atoms with Gasteiger partial charge in [0.1, 0.15) is 17.1 Å². The highest BCUT2D eigenvalue weighted by atomic mass is 16.5. The highest BCUT2D eigenvalue weighted by Crippen LogP contribution is 2.53. The molecule has 0 spiro atoms. The highest BCUT2D eigenvalue weighted by Gasteiger charge is 2.45. The summed E-state index contributed by atoms with van der Waals surface area (Å²) in [6.07, 6.45) is 14.3. The van der Waals surface area contributed by atoms with Crippen LogP contribution in [0.25, 0.3) is 0 Å². The lowest BCUT2D eigenvalue weighted by Crippen LogP contribution is -2.45. The van der Waals surface area contributed by atoms with Crippen LogP contribution in [0.4, 0.5) is 0 Å². The van der Waals surface area contributed by atoms with Gasteiger partial charge >= 0.3 is 0 Å². The molecule has 2 N–H and O–H groups in total. The molecule has 168 valence electrons. The average molecular weight is 414 g/mol. The van der Waals surface area contributed by atoms with Crippen LogP contribution in [0.15, 0.2) is 23.8 Å². The van der Waals surface area contributed by atoms with Crippen LogP contribution < -0.4 is 15.2 Å². The minimum absolute atomic E-state index is 0.142. The molecule has 1 aromatic carbocycles. The van der Waals surface area contributed by atoms with Crippen molar-refractivity contribution in [3.05, 3.63) is 34.9 Å². The molecule has 30 heavy (non-hydrogen) atoms. The second kappa shape index (κ2) is 10.7. The van der Waals surface area contributed by atoms with Gasteiger partial charge in [-0.25, -0.2) is 0 Å². The van der Waals surface area contributed by atoms with Gasteiger partial charge in [0.25, 0.3) is 0 Å². The number of fused-ring (bicyclic) bond motifs is 3. The molecule has 0 saturated carbocycles. The van der Waals surface area contributed by atoms with E-state index in [0.717, 1.165) is 43.9 Å². The monoisotopic (exact) mass is 413 g/mol. The third kappa shape index (κ3) is 5.60. The molecular formula is C27H43NO2. The van der Waals surface area contributed by atoms with Gasteiger partial charge in [-0.3, -0.25) is 0 Å². The van der Waals surface area contributed by atoms with Crippen LogP contribution >= 0.6 is 0 Å². The number of unbranched alkanes of at least 4 members (excludes halogenated alkanes) is 5. The van der Waals surface area contributed by atoms with Crippen molar-refractivity contribution in [1.82, 2.24) is 0 Å². The summed E-state index contributed by atoms with van der Waals surface area (Å²) in [5.74, 6) is 3.02. The van der Waals surface area contributed by atoms with Gasteiger partial charge in [-0.2, -0.15) is 0 Å². The Morgan fingerprint density at radius 1 is 1.10 bits per heavy atom. The number of rotatable bonds is 11. The first-order valence-electron chi connectivity index (χ1n) is 12.3. The van der Waals surface area contributed by atoms with E-state index in [-0.39, 0.29) is 5.60 Å². The third-order valence-electron chi connectivity index (χ3n) is 6.94. The van der Waals surface area contributed by atoms with Crippen LogP contribution in [0, 0.1) is 5.92 Å². The predicted octanol–water partition coefficient (Wildman–Crippen LogP) is 6.93. The molecular weight excluding hydrogens is 370 g/mol. The molecule has 3 nitrogen and oxygen atoms in total. The average Bonchev–Trinajstić information content (AvgIpc) is 2.69. The molecule has 1 aliphatic carbocycles. The molecule has 1 aromatic rings. The van der Waals surface area contributed by atoms with Crippen molar-refractivity contribution in [3.8, 4) is 11.5 Å². The Morgan fingerprint density at radius 2 is 1.90 bits per heavy atom. The topological polar surface area (TPSA) is 44.5 Å². The van der Waals surface area contributed by atoms with Crippen molar-refractivity contribution in [2.45, 2.75) is 103 Å². The number of ether oxygens (including phenoxy) is 2. The van der Waals surface area contributed by atoms with Crippen molar-refractivity contribution in [2.75, 3.05) is 13.2 Å². The summed E-state index contributed by atoms with van der Waals surface area (Å²) in [4.78, 5) is 0. The SMILES string of the molecule is CCCCCc1cc(OCCCCCCN)c2c(c1)OC(C)(C)[C@@H]1CCC(C)=C[C@@H]21. The molecule has 3 rings (SSSR count). The maximum atomic E-state index is 6.65. The zero-order valence-corrected chi connectivity index (χ0v) is 19.8. The molecule has 3 heteroatoms. The van der Waals surface area contributed by atoms with Crippen molar-refractivity contribution in [3.63, 3.8) is 0 Å². The molecule has 0 radical (unpaired) electrons. The minimum atomic E-state index is -0.142. The van der Waals surface area contributed by atoms with Gasteiger partial charge in [0.2, 0.25) is 0 Å². The van der Waals surface area contributed by atoms with E-state index in [1.54, 1.807) is 0 Å². The number of hydrogen-bond donors (Lipinski definition) is 1. The fourth-order valence-corrected chi connectivity index (χ4v) is 5.19. The van der Waals surface area contributed by atoms with E-state index in [2.05, 4.69) is 45.9 Å². The van der Waals surface area contributed by atoms with Gasteiger partial charge in [-0.05, 0) is 83.5 Å². The Hall–Kier alpha value is -1.48. The maximum Gasteiger partial charge on any atom is 0.127 e. The first-order valence-corrected chi connectivity index (χ1v) is 12.3. The summed E-state index contributed by atoms with van der Waals surface area (Å²) in [7, 11) is 0. The van der Waals surface area contributed by atoms with Gasteiger partial charge in [-0.15, -0.1) is 0 Å². The number of benzene rings is 1. The van der Waals surface area contributed by atoms with Crippen LogP contribution in [0.5, 0.6) is 11.5 Å². The van der Waals surface area contributed by atoms with Gasteiger partial charge < -0.3 is 15.2 Å². The fraction of sp³-hybridized carbons (Fsp3) is 0.704. The van der Waals surface area contributed by atoms with Gasteiger partial charge in [0.15, 0.2) is 0 Å². The van der Waals surface area contributed by atoms with E-state index in [4.69, 9.17) is 15.2 Å². The Balaban J connectivity index is 1.87. The van der Waals surface area contributed by atoms with Gasteiger partial charge in [0, 0.05) is 17.4 Å². The van der Waals surface area contributed by atoms with Crippen LogP contribution in [-0.2, 0) is 6.42 Å². The summed E-state index contributed by atoms with van der Waals surface area (Å²) in [6, 6.07) is 4.61. The van der Waals surface area contributed by atoms with Gasteiger partial charge in [0.05, 0.1) is 6.61 Å².